The van der Waals surface area contributed by atoms with Crippen molar-refractivity contribution in [1.82, 2.24) is 19.7 Å². The fourth-order valence-corrected chi connectivity index (χ4v) is 3.45. The second kappa shape index (κ2) is 8.77. The molecule has 0 saturated carbocycles. The van der Waals surface area contributed by atoms with Crippen LogP contribution in [0.1, 0.15) is 22.1 Å². The molecule has 0 aliphatic carbocycles. The summed E-state index contributed by atoms with van der Waals surface area (Å²) in [5, 5.41) is 4.59. The molecule has 0 radical (unpaired) electrons. The minimum absolute atomic E-state index is 0.103. The van der Waals surface area contributed by atoms with Crippen LogP contribution in [0, 0.1) is 0 Å². The predicted octanol–water partition coefficient (Wildman–Crippen LogP) is 4.96. The molecule has 5 rings (SSSR count). The SMILES string of the molecule is O=C(c1nc(-c2ccccc2)n(-c2ccccc2)n1)N(Cc1ccco1)Cc1ccco1. The lowest BCUT2D eigenvalue weighted by Crippen LogP contribution is -2.30. The summed E-state index contributed by atoms with van der Waals surface area (Å²) in [6, 6.07) is 26.6. The highest BCUT2D eigenvalue weighted by Gasteiger charge is 2.25. The van der Waals surface area contributed by atoms with E-state index in [0.717, 1.165) is 11.3 Å². The first-order valence-corrected chi connectivity index (χ1v) is 10.2. The second-order valence-corrected chi connectivity index (χ2v) is 7.19. The molecule has 7 heteroatoms. The van der Waals surface area contributed by atoms with E-state index in [-0.39, 0.29) is 24.8 Å². The second-order valence-electron chi connectivity index (χ2n) is 7.19. The van der Waals surface area contributed by atoms with Gasteiger partial charge in [0.15, 0.2) is 5.82 Å². The Morgan fingerprint density at radius 1 is 0.781 bits per heavy atom. The molecular weight excluding hydrogens is 404 g/mol. The smallest absolute Gasteiger partial charge is 0.294 e. The van der Waals surface area contributed by atoms with Crippen molar-refractivity contribution in [2.24, 2.45) is 0 Å². The highest BCUT2D eigenvalue weighted by molar-refractivity contribution is 5.91. The number of aromatic nitrogens is 3. The van der Waals surface area contributed by atoms with Gasteiger partial charge in [0, 0.05) is 5.56 Å². The number of amides is 1. The van der Waals surface area contributed by atoms with Gasteiger partial charge in [-0.2, -0.15) is 0 Å². The van der Waals surface area contributed by atoms with Gasteiger partial charge in [0.05, 0.1) is 31.3 Å². The number of furan rings is 2. The van der Waals surface area contributed by atoms with Gasteiger partial charge in [-0.3, -0.25) is 4.79 Å². The summed E-state index contributed by atoms with van der Waals surface area (Å²) < 4.78 is 12.6. The summed E-state index contributed by atoms with van der Waals surface area (Å²) >= 11 is 0. The number of carbonyl (C=O) groups excluding carboxylic acids is 1. The van der Waals surface area contributed by atoms with Crippen molar-refractivity contribution in [3.63, 3.8) is 0 Å². The van der Waals surface area contributed by atoms with Crippen LogP contribution in [-0.4, -0.2) is 25.6 Å². The quantitative estimate of drug-likeness (QED) is 0.369. The van der Waals surface area contributed by atoms with Gasteiger partial charge in [-0.15, -0.1) is 5.10 Å². The summed E-state index contributed by atoms with van der Waals surface area (Å²) in [5.74, 6) is 1.71. The molecule has 0 aliphatic rings. The Balaban J connectivity index is 1.54. The molecule has 32 heavy (non-hydrogen) atoms. The molecule has 0 spiro atoms. The Bertz CT molecular complexity index is 1180. The normalized spacial score (nSPS) is 10.9. The van der Waals surface area contributed by atoms with Gasteiger partial charge >= 0.3 is 0 Å². The van der Waals surface area contributed by atoms with E-state index in [2.05, 4.69) is 10.1 Å². The van der Waals surface area contributed by atoms with Crippen LogP contribution in [-0.2, 0) is 13.1 Å². The molecule has 0 unspecified atom stereocenters. The maximum Gasteiger partial charge on any atom is 0.294 e. The molecule has 1 amide bonds. The molecule has 7 nitrogen and oxygen atoms in total. The molecule has 2 aromatic carbocycles. The first-order chi connectivity index (χ1) is 15.8. The van der Waals surface area contributed by atoms with Crippen molar-refractivity contribution in [3.8, 4) is 17.1 Å². The van der Waals surface area contributed by atoms with Crippen LogP contribution in [0.5, 0.6) is 0 Å². The number of hydrogen-bond acceptors (Lipinski definition) is 5. The summed E-state index contributed by atoms with van der Waals surface area (Å²) in [4.78, 5) is 19.8. The maximum absolute atomic E-state index is 13.5. The van der Waals surface area contributed by atoms with Crippen molar-refractivity contribution in [2.75, 3.05) is 0 Å². The third-order valence-electron chi connectivity index (χ3n) is 4.97. The minimum Gasteiger partial charge on any atom is -0.467 e. The zero-order valence-corrected chi connectivity index (χ0v) is 17.2. The van der Waals surface area contributed by atoms with Gasteiger partial charge in [-0.05, 0) is 36.4 Å². The molecule has 3 heterocycles. The van der Waals surface area contributed by atoms with Gasteiger partial charge in [-0.25, -0.2) is 9.67 Å². The molecule has 0 N–H and O–H groups in total. The lowest BCUT2D eigenvalue weighted by Gasteiger charge is -2.18. The summed E-state index contributed by atoms with van der Waals surface area (Å²) in [7, 11) is 0. The van der Waals surface area contributed by atoms with E-state index >= 15 is 0 Å². The number of para-hydroxylation sites is 1. The Kier molecular flexibility index (Phi) is 5.36. The van der Waals surface area contributed by atoms with Crippen LogP contribution in [0.3, 0.4) is 0 Å². The number of rotatable bonds is 7. The zero-order valence-electron chi connectivity index (χ0n) is 17.2. The van der Waals surface area contributed by atoms with Crippen LogP contribution >= 0.6 is 0 Å². The van der Waals surface area contributed by atoms with Crippen LogP contribution in [0.15, 0.2) is 106 Å². The van der Waals surface area contributed by atoms with Crippen molar-refractivity contribution in [2.45, 2.75) is 13.1 Å². The van der Waals surface area contributed by atoms with E-state index in [1.807, 2.05) is 72.8 Å². The Morgan fingerprint density at radius 3 is 1.94 bits per heavy atom. The average Bonchev–Trinajstić information content (AvgIpc) is 3.61. The zero-order chi connectivity index (χ0) is 21.8. The highest BCUT2D eigenvalue weighted by atomic mass is 16.3. The van der Waals surface area contributed by atoms with E-state index in [1.165, 1.54) is 0 Å². The van der Waals surface area contributed by atoms with Gasteiger partial charge in [0.25, 0.3) is 5.91 Å². The van der Waals surface area contributed by atoms with Gasteiger partial charge in [-0.1, -0.05) is 48.5 Å². The number of hydrogen-bond donors (Lipinski definition) is 0. The number of benzene rings is 2. The standard InChI is InChI=1S/C25H20N4O3/c30-25(28(17-21-13-7-15-31-21)18-22-14-8-16-32-22)23-26-24(19-9-3-1-4-10-19)29(27-23)20-11-5-2-6-12-20/h1-16H,17-18H2. The Morgan fingerprint density at radius 2 is 1.38 bits per heavy atom. The van der Waals surface area contributed by atoms with Crippen molar-refractivity contribution in [3.05, 3.63) is 115 Å². The van der Waals surface area contributed by atoms with Crippen LogP contribution in [0.25, 0.3) is 17.1 Å². The van der Waals surface area contributed by atoms with E-state index in [1.54, 1.807) is 34.2 Å². The molecule has 0 bridgehead atoms. The van der Waals surface area contributed by atoms with E-state index in [9.17, 15) is 4.79 Å². The molecular formula is C25H20N4O3. The Hall–Kier alpha value is -4.39. The topological polar surface area (TPSA) is 77.3 Å². The van der Waals surface area contributed by atoms with Gasteiger partial charge in [0.1, 0.15) is 11.5 Å². The number of nitrogens with zero attached hydrogens (tertiary/aromatic N) is 4. The largest absolute Gasteiger partial charge is 0.467 e. The van der Waals surface area contributed by atoms with Gasteiger partial charge < -0.3 is 13.7 Å². The minimum atomic E-state index is -0.315. The lowest BCUT2D eigenvalue weighted by molar-refractivity contribution is 0.0692. The lowest BCUT2D eigenvalue weighted by atomic mass is 10.2. The van der Waals surface area contributed by atoms with Crippen molar-refractivity contribution in [1.29, 1.82) is 0 Å². The summed E-state index contributed by atoms with van der Waals surface area (Å²) in [6.45, 7) is 0.542. The monoisotopic (exact) mass is 424 g/mol. The van der Waals surface area contributed by atoms with Gasteiger partial charge in [0.2, 0.25) is 5.82 Å². The fourth-order valence-electron chi connectivity index (χ4n) is 3.45. The fraction of sp³-hybridized carbons (Fsp3) is 0.0800. The van der Waals surface area contributed by atoms with E-state index < -0.39 is 0 Å². The third-order valence-corrected chi connectivity index (χ3v) is 4.97. The van der Waals surface area contributed by atoms with Crippen molar-refractivity contribution < 1.29 is 13.6 Å². The van der Waals surface area contributed by atoms with Crippen molar-refractivity contribution >= 4 is 5.91 Å². The number of carbonyl (C=O) groups is 1. The molecule has 0 saturated heterocycles. The molecule has 0 aliphatic heterocycles. The third kappa shape index (κ3) is 4.09. The first-order valence-electron chi connectivity index (χ1n) is 10.2. The van der Waals surface area contributed by atoms with Crippen LogP contribution in [0.4, 0.5) is 0 Å². The summed E-state index contributed by atoms with van der Waals surface area (Å²) in [6.07, 6.45) is 3.17. The highest BCUT2D eigenvalue weighted by Crippen LogP contribution is 2.22. The molecule has 0 atom stereocenters. The van der Waals surface area contributed by atoms with E-state index in [4.69, 9.17) is 8.83 Å². The van der Waals surface area contributed by atoms with E-state index in [0.29, 0.717) is 17.3 Å². The molecule has 5 aromatic rings. The van der Waals surface area contributed by atoms with Crippen LogP contribution in [0.2, 0.25) is 0 Å². The van der Waals surface area contributed by atoms with Crippen LogP contribution < -0.4 is 0 Å². The maximum atomic E-state index is 13.5. The summed E-state index contributed by atoms with van der Waals surface area (Å²) in [5.41, 5.74) is 1.69. The Labute approximate surface area is 184 Å². The molecule has 3 aromatic heterocycles. The predicted molar refractivity (Wildman–Crippen MR) is 118 cm³/mol. The average molecular weight is 424 g/mol. The molecule has 158 valence electrons. The molecule has 0 fully saturated rings. The first kappa shape index (κ1) is 19.6.